The van der Waals surface area contributed by atoms with Gasteiger partial charge >= 0.3 is 5.97 Å². The standard InChI is InChI=1S/C26H42N2O4/c1-17(2)20(15-22(27)25-16-21(18(3)4)26(29)32-25)13-19-7-8-24-23(14-19)28(10-12-31-24)9-6-11-30-5/h7-8,14,17-18,20-22,25H,6,9-13,15-16,27H2,1-5H3/t20-,21-,22-,25-/m0/s1. The summed E-state index contributed by atoms with van der Waals surface area (Å²) in [4.78, 5) is 14.6. The minimum absolute atomic E-state index is 0.0201. The first-order valence-electron chi connectivity index (χ1n) is 12.3. The maximum atomic E-state index is 12.2. The van der Waals surface area contributed by atoms with Crippen molar-refractivity contribution in [3.8, 4) is 5.75 Å². The zero-order valence-corrected chi connectivity index (χ0v) is 20.5. The smallest absolute Gasteiger partial charge is 0.309 e. The second-order valence-electron chi connectivity index (χ2n) is 10.2. The van der Waals surface area contributed by atoms with Gasteiger partial charge < -0.3 is 24.8 Å². The van der Waals surface area contributed by atoms with Crippen molar-refractivity contribution in [2.75, 3.05) is 38.3 Å². The second kappa shape index (κ2) is 11.4. The molecule has 2 N–H and O–H groups in total. The number of cyclic esters (lactones) is 1. The highest BCUT2D eigenvalue weighted by molar-refractivity contribution is 5.75. The van der Waals surface area contributed by atoms with E-state index in [1.165, 1.54) is 11.3 Å². The highest BCUT2D eigenvalue weighted by Crippen LogP contribution is 2.35. The van der Waals surface area contributed by atoms with Crippen LogP contribution in [0.25, 0.3) is 0 Å². The van der Waals surface area contributed by atoms with Gasteiger partial charge in [0.2, 0.25) is 0 Å². The number of hydrogen-bond acceptors (Lipinski definition) is 6. The highest BCUT2D eigenvalue weighted by Gasteiger charge is 2.39. The number of anilines is 1. The molecule has 180 valence electrons. The Morgan fingerprint density at radius 1 is 1.25 bits per heavy atom. The van der Waals surface area contributed by atoms with Crippen LogP contribution in [-0.2, 0) is 20.7 Å². The van der Waals surface area contributed by atoms with Crippen molar-refractivity contribution in [3.05, 3.63) is 23.8 Å². The molecule has 32 heavy (non-hydrogen) atoms. The monoisotopic (exact) mass is 446 g/mol. The zero-order chi connectivity index (χ0) is 23.3. The largest absolute Gasteiger partial charge is 0.490 e. The highest BCUT2D eigenvalue weighted by atomic mass is 16.6. The number of esters is 1. The normalized spacial score (nSPS) is 22.6. The summed E-state index contributed by atoms with van der Waals surface area (Å²) in [6, 6.07) is 6.45. The Labute approximate surface area is 193 Å². The van der Waals surface area contributed by atoms with E-state index in [9.17, 15) is 4.79 Å². The van der Waals surface area contributed by atoms with Gasteiger partial charge in [-0.05, 0) is 61.1 Å². The third-order valence-electron chi connectivity index (χ3n) is 7.11. The molecule has 0 aromatic heterocycles. The van der Waals surface area contributed by atoms with Crippen LogP contribution >= 0.6 is 0 Å². The SMILES string of the molecule is COCCCN1CCOc2ccc(C[C@@H](C[C@H](N)[C@@H]3C[C@@H](C(C)C)C(=O)O3)C(C)C)cc21. The molecule has 0 saturated carbocycles. The first-order valence-corrected chi connectivity index (χ1v) is 12.3. The lowest BCUT2D eigenvalue weighted by molar-refractivity contribution is -0.146. The lowest BCUT2D eigenvalue weighted by atomic mass is 9.82. The summed E-state index contributed by atoms with van der Waals surface area (Å²) in [5.74, 6) is 2.08. The number of nitrogens with two attached hydrogens (primary N) is 1. The predicted molar refractivity (Wildman–Crippen MR) is 128 cm³/mol. The average molecular weight is 447 g/mol. The van der Waals surface area contributed by atoms with E-state index < -0.39 is 0 Å². The molecule has 1 aromatic carbocycles. The fourth-order valence-electron chi connectivity index (χ4n) is 4.91. The molecule has 0 bridgehead atoms. The van der Waals surface area contributed by atoms with Crippen LogP contribution in [0.5, 0.6) is 5.75 Å². The molecule has 3 rings (SSSR count). The number of nitrogens with zero attached hydrogens (tertiary/aromatic N) is 1. The van der Waals surface area contributed by atoms with Crippen LogP contribution in [0, 0.1) is 23.7 Å². The maximum absolute atomic E-state index is 12.2. The molecule has 0 radical (unpaired) electrons. The third-order valence-corrected chi connectivity index (χ3v) is 7.11. The van der Waals surface area contributed by atoms with Gasteiger partial charge in [0.1, 0.15) is 18.5 Å². The number of hydrogen-bond donors (Lipinski definition) is 1. The van der Waals surface area contributed by atoms with Crippen LogP contribution in [0.3, 0.4) is 0 Å². The van der Waals surface area contributed by atoms with Gasteiger partial charge in [-0.1, -0.05) is 33.8 Å². The topological polar surface area (TPSA) is 74.0 Å². The van der Waals surface area contributed by atoms with Crippen LogP contribution in [0.4, 0.5) is 5.69 Å². The van der Waals surface area contributed by atoms with Gasteiger partial charge in [0.25, 0.3) is 0 Å². The Morgan fingerprint density at radius 3 is 2.69 bits per heavy atom. The first-order chi connectivity index (χ1) is 15.3. The number of ether oxygens (including phenoxy) is 3. The summed E-state index contributed by atoms with van der Waals surface area (Å²) < 4.78 is 16.8. The van der Waals surface area contributed by atoms with Crippen LogP contribution in [0.1, 0.15) is 52.5 Å². The molecule has 1 aromatic rings. The summed E-state index contributed by atoms with van der Waals surface area (Å²) in [7, 11) is 1.75. The third kappa shape index (κ3) is 6.16. The fourth-order valence-corrected chi connectivity index (χ4v) is 4.91. The lowest BCUT2D eigenvalue weighted by Gasteiger charge is -2.32. The Bertz CT molecular complexity index is 751. The number of carbonyl (C=O) groups excluding carboxylic acids is 1. The van der Waals surface area contributed by atoms with Crippen molar-refractivity contribution in [2.24, 2.45) is 29.4 Å². The number of carbonyl (C=O) groups is 1. The fraction of sp³-hybridized carbons (Fsp3) is 0.731. The quantitative estimate of drug-likeness (QED) is 0.408. The Morgan fingerprint density at radius 2 is 2.03 bits per heavy atom. The minimum Gasteiger partial charge on any atom is -0.490 e. The Hall–Kier alpha value is -1.79. The first kappa shape index (κ1) is 24.8. The van der Waals surface area contributed by atoms with Crippen molar-refractivity contribution in [2.45, 2.75) is 65.5 Å². The van der Waals surface area contributed by atoms with Gasteiger partial charge in [-0.2, -0.15) is 0 Å². The van der Waals surface area contributed by atoms with Crippen LogP contribution in [0.2, 0.25) is 0 Å². The predicted octanol–water partition coefficient (Wildman–Crippen LogP) is 4.04. The van der Waals surface area contributed by atoms with Crippen molar-refractivity contribution >= 4 is 11.7 Å². The summed E-state index contributed by atoms with van der Waals surface area (Å²) in [5.41, 5.74) is 9.07. The van der Waals surface area contributed by atoms with Gasteiger partial charge in [0.15, 0.2) is 0 Å². The molecule has 6 heteroatoms. The summed E-state index contributed by atoms with van der Waals surface area (Å²) in [5, 5.41) is 0. The van der Waals surface area contributed by atoms with Gasteiger partial charge in [0, 0.05) is 26.3 Å². The summed E-state index contributed by atoms with van der Waals surface area (Å²) in [6.45, 7) is 12.0. The summed E-state index contributed by atoms with van der Waals surface area (Å²) >= 11 is 0. The van der Waals surface area contributed by atoms with Gasteiger partial charge in [-0.15, -0.1) is 0 Å². The van der Waals surface area contributed by atoms with Crippen LogP contribution in [0.15, 0.2) is 18.2 Å². The molecular weight excluding hydrogens is 404 g/mol. The van der Waals surface area contributed by atoms with E-state index in [1.54, 1.807) is 7.11 Å². The Balaban J connectivity index is 1.66. The van der Waals surface area contributed by atoms with E-state index >= 15 is 0 Å². The number of methoxy groups -OCH3 is 1. The van der Waals surface area contributed by atoms with E-state index in [1.807, 2.05) is 0 Å². The van der Waals surface area contributed by atoms with Crippen molar-refractivity contribution in [1.29, 1.82) is 0 Å². The molecule has 1 fully saturated rings. The van der Waals surface area contributed by atoms with Gasteiger partial charge in [-0.3, -0.25) is 4.79 Å². The molecule has 0 spiro atoms. The zero-order valence-electron chi connectivity index (χ0n) is 20.5. The molecule has 0 amide bonds. The second-order valence-corrected chi connectivity index (χ2v) is 10.2. The number of rotatable bonds is 11. The molecule has 2 aliphatic heterocycles. The molecular formula is C26H42N2O4. The van der Waals surface area contributed by atoms with Crippen LogP contribution in [-0.4, -0.2) is 51.5 Å². The molecule has 0 unspecified atom stereocenters. The lowest BCUT2D eigenvalue weighted by Crippen LogP contribution is -2.38. The number of benzene rings is 1. The van der Waals surface area contributed by atoms with E-state index in [4.69, 9.17) is 19.9 Å². The van der Waals surface area contributed by atoms with E-state index in [2.05, 4.69) is 50.8 Å². The van der Waals surface area contributed by atoms with Crippen LogP contribution < -0.4 is 15.4 Å². The molecule has 2 heterocycles. The minimum atomic E-state index is -0.163. The van der Waals surface area contributed by atoms with Gasteiger partial charge in [-0.25, -0.2) is 0 Å². The number of fused-ring (bicyclic) bond motifs is 1. The molecule has 2 aliphatic rings. The van der Waals surface area contributed by atoms with E-state index in [0.29, 0.717) is 17.8 Å². The molecule has 6 nitrogen and oxygen atoms in total. The molecule has 0 aliphatic carbocycles. The van der Waals surface area contributed by atoms with Crippen molar-refractivity contribution < 1.29 is 19.0 Å². The molecule has 4 atom stereocenters. The summed E-state index contributed by atoms with van der Waals surface area (Å²) in [6.07, 6.45) is 3.39. The average Bonchev–Trinajstić information content (AvgIpc) is 3.15. The van der Waals surface area contributed by atoms with E-state index in [-0.39, 0.29) is 24.0 Å². The maximum Gasteiger partial charge on any atom is 0.309 e. The Kier molecular flexibility index (Phi) is 8.83. The van der Waals surface area contributed by atoms with Gasteiger partial charge in [0.05, 0.1) is 18.2 Å². The van der Waals surface area contributed by atoms with Crippen molar-refractivity contribution in [1.82, 2.24) is 0 Å². The molecule has 1 saturated heterocycles. The van der Waals surface area contributed by atoms with Crippen molar-refractivity contribution in [3.63, 3.8) is 0 Å². The van der Waals surface area contributed by atoms with E-state index in [0.717, 1.165) is 57.7 Å².